The number of hydrogen-bond acceptors (Lipinski definition) is 2. The molecule has 1 aliphatic rings. The fraction of sp³-hybridized carbons (Fsp3) is 0.556. The third-order valence-electron chi connectivity index (χ3n) is 4.25. The number of nitrogens with one attached hydrogen (secondary N) is 3. The minimum absolute atomic E-state index is 0.0257. The molecule has 3 N–H and O–H groups in total. The quantitative estimate of drug-likeness (QED) is 0.668. The average Bonchev–Trinajstić information content (AvgIpc) is 3.30. The molecule has 126 valence electrons. The lowest BCUT2D eigenvalue weighted by molar-refractivity contribution is -0.862. The molecule has 5 nitrogen and oxygen atoms in total. The second-order valence-electron chi connectivity index (χ2n) is 6.60. The standard InChI is InChI=1S/C18H27N3O2/c1-4-13(2)15-7-5-6-8-16(15)20-18(23)12-21(3)11-17(22)19-14-9-10-14/h5-8,13-14H,4,9-12H2,1-3H3,(H,19,22)(H,20,23)/p+1/t13-/m1/s1. The SMILES string of the molecule is CC[C@@H](C)c1ccccc1NC(=O)C[NH+](C)CC(=O)NC1CC1. The van der Waals surface area contributed by atoms with E-state index < -0.39 is 0 Å². The van der Waals surface area contributed by atoms with Crippen LogP contribution < -0.4 is 15.5 Å². The van der Waals surface area contributed by atoms with E-state index in [1.165, 1.54) is 0 Å². The minimum atomic E-state index is -0.0579. The van der Waals surface area contributed by atoms with Gasteiger partial charge in [-0.1, -0.05) is 32.0 Å². The number of benzene rings is 1. The molecule has 5 heteroatoms. The van der Waals surface area contributed by atoms with E-state index >= 15 is 0 Å². The lowest BCUT2D eigenvalue weighted by Gasteiger charge is -2.17. The van der Waals surface area contributed by atoms with Gasteiger partial charge in [-0.25, -0.2) is 0 Å². The summed E-state index contributed by atoms with van der Waals surface area (Å²) in [5.41, 5.74) is 2.04. The lowest BCUT2D eigenvalue weighted by Crippen LogP contribution is -3.11. The van der Waals surface area contributed by atoms with Crippen LogP contribution in [0.1, 0.15) is 44.6 Å². The maximum atomic E-state index is 12.2. The Kier molecular flexibility index (Phi) is 6.16. The topological polar surface area (TPSA) is 62.6 Å². The lowest BCUT2D eigenvalue weighted by atomic mass is 9.97. The predicted octanol–water partition coefficient (Wildman–Crippen LogP) is 0.932. The van der Waals surface area contributed by atoms with Crippen molar-refractivity contribution < 1.29 is 14.5 Å². The second-order valence-corrected chi connectivity index (χ2v) is 6.60. The Balaban J connectivity index is 1.85. The fourth-order valence-electron chi connectivity index (χ4n) is 2.57. The molecule has 0 bridgehead atoms. The van der Waals surface area contributed by atoms with Gasteiger partial charge >= 0.3 is 0 Å². The number of anilines is 1. The largest absolute Gasteiger partial charge is 0.348 e. The minimum Gasteiger partial charge on any atom is -0.348 e. The summed E-state index contributed by atoms with van der Waals surface area (Å²) in [6.07, 6.45) is 3.19. The van der Waals surface area contributed by atoms with E-state index in [1.807, 2.05) is 25.2 Å². The van der Waals surface area contributed by atoms with Crippen molar-refractivity contribution in [3.05, 3.63) is 29.8 Å². The van der Waals surface area contributed by atoms with E-state index in [-0.39, 0.29) is 18.4 Å². The summed E-state index contributed by atoms with van der Waals surface area (Å²) in [5, 5.41) is 5.94. The highest BCUT2D eigenvalue weighted by atomic mass is 16.2. The van der Waals surface area contributed by atoms with Gasteiger partial charge in [0.1, 0.15) is 0 Å². The van der Waals surface area contributed by atoms with Gasteiger partial charge < -0.3 is 15.5 Å². The molecule has 0 aromatic heterocycles. The third-order valence-corrected chi connectivity index (χ3v) is 4.25. The summed E-state index contributed by atoms with van der Waals surface area (Å²) in [4.78, 5) is 24.9. The van der Waals surface area contributed by atoms with Gasteiger partial charge in [0.05, 0.1) is 7.05 Å². The van der Waals surface area contributed by atoms with E-state index in [9.17, 15) is 9.59 Å². The van der Waals surface area contributed by atoms with E-state index in [1.54, 1.807) is 0 Å². The molecule has 0 heterocycles. The number of quaternary nitrogens is 1. The van der Waals surface area contributed by atoms with Crippen LogP contribution >= 0.6 is 0 Å². The van der Waals surface area contributed by atoms with E-state index in [0.717, 1.165) is 35.4 Å². The number of carbonyl (C=O) groups is 2. The highest BCUT2D eigenvalue weighted by Gasteiger charge is 2.25. The van der Waals surface area contributed by atoms with Crippen molar-refractivity contribution in [3.8, 4) is 0 Å². The van der Waals surface area contributed by atoms with Gasteiger partial charge in [0, 0.05) is 11.7 Å². The van der Waals surface area contributed by atoms with Crippen LogP contribution in [-0.4, -0.2) is 38.0 Å². The summed E-state index contributed by atoms with van der Waals surface area (Å²) >= 11 is 0. The van der Waals surface area contributed by atoms with Gasteiger partial charge in [-0.15, -0.1) is 0 Å². The number of amides is 2. The number of carbonyl (C=O) groups excluding carboxylic acids is 2. The Bertz CT molecular complexity index is 555. The van der Waals surface area contributed by atoms with Crippen molar-refractivity contribution in [2.24, 2.45) is 0 Å². The third kappa shape index (κ3) is 5.67. The van der Waals surface area contributed by atoms with Crippen molar-refractivity contribution in [3.63, 3.8) is 0 Å². The molecule has 1 saturated carbocycles. The first-order valence-corrected chi connectivity index (χ1v) is 8.49. The molecule has 2 amide bonds. The molecule has 1 aromatic carbocycles. The van der Waals surface area contributed by atoms with Crippen molar-refractivity contribution >= 4 is 17.5 Å². The van der Waals surface area contributed by atoms with Crippen LogP contribution in [-0.2, 0) is 9.59 Å². The zero-order chi connectivity index (χ0) is 16.8. The first kappa shape index (κ1) is 17.5. The molecule has 0 aliphatic heterocycles. The summed E-state index contributed by atoms with van der Waals surface area (Å²) in [7, 11) is 1.87. The van der Waals surface area contributed by atoms with Crippen LogP contribution in [0.2, 0.25) is 0 Å². The predicted molar refractivity (Wildman–Crippen MR) is 91.6 cm³/mol. The van der Waals surface area contributed by atoms with Gasteiger partial charge in [0.15, 0.2) is 13.1 Å². The fourth-order valence-corrected chi connectivity index (χ4v) is 2.57. The van der Waals surface area contributed by atoms with E-state index in [0.29, 0.717) is 18.5 Å². The smallest absolute Gasteiger partial charge is 0.279 e. The molecule has 1 aromatic rings. The van der Waals surface area contributed by atoms with Gasteiger partial charge in [-0.3, -0.25) is 9.59 Å². The Labute approximate surface area is 138 Å². The van der Waals surface area contributed by atoms with Crippen molar-refractivity contribution in [1.29, 1.82) is 0 Å². The average molecular weight is 318 g/mol. The van der Waals surface area contributed by atoms with Crippen LogP contribution in [0, 0.1) is 0 Å². The van der Waals surface area contributed by atoms with Crippen molar-refractivity contribution in [2.75, 3.05) is 25.5 Å². The zero-order valence-corrected chi connectivity index (χ0v) is 14.3. The highest BCUT2D eigenvalue weighted by molar-refractivity contribution is 5.92. The monoisotopic (exact) mass is 318 g/mol. The van der Waals surface area contributed by atoms with E-state index in [4.69, 9.17) is 0 Å². The first-order valence-electron chi connectivity index (χ1n) is 8.49. The van der Waals surface area contributed by atoms with Gasteiger partial charge in [0.2, 0.25) is 0 Å². The van der Waals surface area contributed by atoms with Crippen molar-refractivity contribution in [2.45, 2.75) is 45.1 Å². The van der Waals surface area contributed by atoms with Crippen LogP contribution in [0.15, 0.2) is 24.3 Å². The summed E-state index contributed by atoms with van der Waals surface area (Å²) in [6, 6.07) is 8.29. The molecule has 1 aliphatic carbocycles. The molecule has 2 rings (SSSR count). The highest BCUT2D eigenvalue weighted by Crippen LogP contribution is 2.26. The molecule has 1 fully saturated rings. The Morgan fingerprint density at radius 2 is 1.87 bits per heavy atom. The molecule has 0 radical (unpaired) electrons. The Morgan fingerprint density at radius 1 is 1.22 bits per heavy atom. The molecular weight excluding hydrogens is 290 g/mol. The summed E-state index contributed by atoms with van der Waals surface area (Å²) in [5.74, 6) is 0.371. The number of rotatable bonds is 8. The maximum absolute atomic E-state index is 12.2. The maximum Gasteiger partial charge on any atom is 0.279 e. The normalized spacial score (nSPS) is 16.5. The van der Waals surface area contributed by atoms with Gasteiger partial charge in [-0.05, 0) is 36.8 Å². The first-order chi connectivity index (χ1) is 11.0. The van der Waals surface area contributed by atoms with Crippen LogP contribution in [0.4, 0.5) is 5.69 Å². The van der Waals surface area contributed by atoms with Crippen molar-refractivity contribution in [1.82, 2.24) is 5.32 Å². The number of hydrogen-bond donors (Lipinski definition) is 3. The molecular formula is C18H28N3O2+. The van der Waals surface area contributed by atoms with Gasteiger partial charge in [0.25, 0.3) is 11.8 Å². The van der Waals surface area contributed by atoms with E-state index in [2.05, 4.69) is 30.5 Å². The summed E-state index contributed by atoms with van der Waals surface area (Å²) < 4.78 is 0. The van der Waals surface area contributed by atoms with Crippen LogP contribution in [0.25, 0.3) is 0 Å². The number of likely N-dealkylation sites (N-methyl/N-ethyl adjacent to an activating group) is 1. The molecule has 23 heavy (non-hydrogen) atoms. The van der Waals surface area contributed by atoms with Gasteiger partial charge in [-0.2, -0.15) is 0 Å². The Morgan fingerprint density at radius 3 is 2.52 bits per heavy atom. The van der Waals surface area contributed by atoms with Crippen LogP contribution in [0.3, 0.4) is 0 Å². The zero-order valence-electron chi connectivity index (χ0n) is 14.3. The van der Waals surface area contributed by atoms with Crippen LogP contribution in [0.5, 0.6) is 0 Å². The second kappa shape index (κ2) is 8.11. The molecule has 0 saturated heterocycles. The summed E-state index contributed by atoms with van der Waals surface area (Å²) in [6.45, 7) is 4.91. The molecule has 1 unspecified atom stereocenters. The Hall–Kier alpha value is -1.88. The molecule has 2 atom stereocenters. The number of para-hydroxylation sites is 1. The molecule has 0 spiro atoms.